The standard InChI is InChI=1S/C23H27N7O2/c1-2-20(31)30-7-3-4-17(14-30)28-22-21-18(5-6-19(21)26-15-27-22)16-12-24-23(25-13-16)29-8-10-32-11-9-29/h2,5,12-13,15,17H,1,3-4,6-11,14H2,(H,26,27,28)/t17-/m1/s1. The molecular formula is C23H27N7O2. The van der Waals surface area contributed by atoms with Crippen LogP contribution in [0, 0.1) is 0 Å². The predicted octanol–water partition coefficient (Wildman–Crippen LogP) is 1.68. The Morgan fingerprint density at radius 2 is 1.97 bits per heavy atom. The summed E-state index contributed by atoms with van der Waals surface area (Å²) in [6.45, 7) is 8.03. The first-order valence-electron chi connectivity index (χ1n) is 11.1. The molecule has 2 fully saturated rings. The largest absolute Gasteiger partial charge is 0.378 e. The first kappa shape index (κ1) is 20.6. The van der Waals surface area contributed by atoms with Crippen molar-refractivity contribution in [3.63, 3.8) is 0 Å². The number of hydrogen-bond donors (Lipinski definition) is 1. The van der Waals surface area contributed by atoms with Crippen LogP contribution in [0.4, 0.5) is 11.8 Å². The highest BCUT2D eigenvalue weighted by Gasteiger charge is 2.27. The second-order valence-electron chi connectivity index (χ2n) is 8.21. The van der Waals surface area contributed by atoms with Crippen molar-refractivity contribution in [3.8, 4) is 0 Å². The summed E-state index contributed by atoms with van der Waals surface area (Å²) in [7, 11) is 0. The van der Waals surface area contributed by atoms with Crippen molar-refractivity contribution in [2.45, 2.75) is 25.3 Å². The molecule has 166 valence electrons. The summed E-state index contributed by atoms with van der Waals surface area (Å²) in [5.41, 5.74) is 3.99. The zero-order valence-electron chi connectivity index (χ0n) is 18.0. The molecule has 0 spiro atoms. The highest BCUT2D eigenvalue weighted by atomic mass is 16.5. The van der Waals surface area contributed by atoms with Crippen LogP contribution in [0.25, 0.3) is 5.57 Å². The molecule has 9 nitrogen and oxygen atoms in total. The number of allylic oxidation sites excluding steroid dienone is 1. The number of fused-ring (bicyclic) bond motifs is 1. The summed E-state index contributed by atoms with van der Waals surface area (Å²) in [6.07, 6.45) is 11.6. The number of morpholine rings is 1. The van der Waals surface area contributed by atoms with E-state index in [-0.39, 0.29) is 11.9 Å². The fourth-order valence-corrected chi connectivity index (χ4v) is 4.54. The Kier molecular flexibility index (Phi) is 5.81. The topological polar surface area (TPSA) is 96.4 Å². The molecule has 4 heterocycles. The molecule has 3 aliphatic rings. The normalized spacial score (nSPS) is 20.5. The number of nitrogens with zero attached hydrogens (tertiary/aromatic N) is 6. The molecule has 0 unspecified atom stereocenters. The van der Waals surface area contributed by atoms with Gasteiger partial charge in [0.05, 0.1) is 18.9 Å². The van der Waals surface area contributed by atoms with Crippen LogP contribution in [0.5, 0.6) is 0 Å². The fourth-order valence-electron chi connectivity index (χ4n) is 4.54. The minimum Gasteiger partial charge on any atom is -0.378 e. The molecule has 5 rings (SSSR count). The molecule has 0 saturated carbocycles. The third-order valence-corrected chi connectivity index (χ3v) is 6.19. The van der Waals surface area contributed by atoms with Gasteiger partial charge in [-0.05, 0) is 24.5 Å². The minimum absolute atomic E-state index is 0.0255. The van der Waals surface area contributed by atoms with Crippen molar-refractivity contribution >= 4 is 23.2 Å². The zero-order chi connectivity index (χ0) is 21.9. The number of amides is 1. The Hall–Kier alpha value is -3.33. The maximum absolute atomic E-state index is 12.1. The lowest BCUT2D eigenvalue weighted by molar-refractivity contribution is -0.127. The van der Waals surface area contributed by atoms with Crippen molar-refractivity contribution in [2.24, 2.45) is 0 Å². The summed E-state index contributed by atoms with van der Waals surface area (Å²) >= 11 is 0. The number of ether oxygens (including phenoxy) is 1. The number of carbonyl (C=O) groups is 1. The van der Waals surface area contributed by atoms with Gasteiger partial charge in [0.15, 0.2) is 0 Å². The fraction of sp³-hybridized carbons (Fsp3) is 0.435. The van der Waals surface area contributed by atoms with Crippen LogP contribution >= 0.6 is 0 Å². The van der Waals surface area contributed by atoms with Gasteiger partial charge in [-0.25, -0.2) is 19.9 Å². The smallest absolute Gasteiger partial charge is 0.246 e. The molecule has 1 N–H and O–H groups in total. The third kappa shape index (κ3) is 4.08. The Morgan fingerprint density at radius 1 is 1.16 bits per heavy atom. The summed E-state index contributed by atoms with van der Waals surface area (Å²) < 4.78 is 5.41. The summed E-state index contributed by atoms with van der Waals surface area (Å²) in [5, 5.41) is 3.57. The Morgan fingerprint density at radius 3 is 2.75 bits per heavy atom. The van der Waals surface area contributed by atoms with E-state index in [1.807, 2.05) is 17.3 Å². The second kappa shape index (κ2) is 9.04. The zero-order valence-corrected chi connectivity index (χ0v) is 18.0. The van der Waals surface area contributed by atoms with Crippen molar-refractivity contribution in [1.29, 1.82) is 0 Å². The third-order valence-electron chi connectivity index (χ3n) is 6.19. The first-order chi connectivity index (χ1) is 15.7. The molecule has 32 heavy (non-hydrogen) atoms. The monoisotopic (exact) mass is 433 g/mol. The molecule has 1 aliphatic carbocycles. The highest BCUT2D eigenvalue weighted by Crippen LogP contribution is 2.36. The number of rotatable bonds is 5. The van der Waals surface area contributed by atoms with E-state index in [0.29, 0.717) is 19.8 Å². The number of hydrogen-bond acceptors (Lipinski definition) is 8. The number of carbonyl (C=O) groups excluding carboxylic acids is 1. The van der Waals surface area contributed by atoms with Gasteiger partial charge in [-0.2, -0.15) is 0 Å². The van der Waals surface area contributed by atoms with E-state index in [9.17, 15) is 4.79 Å². The van der Waals surface area contributed by atoms with E-state index in [2.05, 4.69) is 42.8 Å². The second-order valence-corrected chi connectivity index (χ2v) is 8.21. The van der Waals surface area contributed by atoms with Gasteiger partial charge < -0.3 is 19.9 Å². The van der Waals surface area contributed by atoms with Crippen molar-refractivity contribution in [2.75, 3.05) is 49.6 Å². The maximum atomic E-state index is 12.1. The molecule has 9 heteroatoms. The lowest BCUT2D eigenvalue weighted by Crippen LogP contribution is -2.44. The Bertz CT molecular complexity index is 1030. The van der Waals surface area contributed by atoms with E-state index in [0.717, 1.165) is 73.1 Å². The predicted molar refractivity (Wildman–Crippen MR) is 121 cm³/mol. The Labute approximate surface area is 187 Å². The Balaban J connectivity index is 1.36. The maximum Gasteiger partial charge on any atom is 0.246 e. The highest BCUT2D eigenvalue weighted by molar-refractivity contribution is 5.89. The molecule has 1 atom stereocenters. The lowest BCUT2D eigenvalue weighted by Gasteiger charge is -2.33. The van der Waals surface area contributed by atoms with E-state index in [1.165, 1.54) is 6.08 Å². The van der Waals surface area contributed by atoms with E-state index >= 15 is 0 Å². The molecule has 2 saturated heterocycles. The quantitative estimate of drug-likeness (QED) is 0.712. The summed E-state index contributed by atoms with van der Waals surface area (Å²) in [4.78, 5) is 34.3. The lowest BCUT2D eigenvalue weighted by atomic mass is 10.0. The van der Waals surface area contributed by atoms with Gasteiger partial charge in [0.25, 0.3) is 0 Å². The van der Waals surface area contributed by atoms with Gasteiger partial charge >= 0.3 is 0 Å². The van der Waals surface area contributed by atoms with Crippen LogP contribution < -0.4 is 10.2 Å². The number of aromatic nitrogens is 4. The van der Waals surface area contributed by atoms with Gasteiger partial charge in [0.1, 0.15) is 12.1 Å². The van der Waals surface area contributed by atoms with Crippen LogP contribution in [-0.4, -0.2) is 76.2 Å². The van der Waals surface area contributed by atoms with Crippen molar-refractivity contribution in [3.05, 3.63) is 54.3 Å². The summed E-state index contributed by atoms with van der Waals surface area (Å²) in [5.74, 6) is 1.50. The van der Waals surface area contributed by atoms with Gasteiger partial charge in [0, 0.05) is 62.2 Å². The molecule has 2 aromatic heterocycles. The summed E-state index contributed by atoms with van der Waals surface area (Å²) in [6, 6.07) is 0.133. The van der Waals surface area contributed by atoms with E-state index < -0.39 is 0 Å². The van der Waals surface area contributed by atoms with Gasteiger partial charge in [-0.15, -0.1) is 0 Å². The van der Waals surface area contributed by atoms with Crippen LogP contribution in [-0.2, 0) is 16.0 Å². The molecule has 2 aromatic rings. The van der Waals surface area contributed by atoms with Crippen LogP contribution in [0.2, 0.25) is 0 Å². The van der Waals surface area contributed by atoms with Gasteiger partial charge in [0.2, 0.25) is 11.9 Å². The average molecular weight is 434 g/mol. The number of piperidine rings is 1. The minimum atomic E-state index is -0.0255. The first-order valence-corrected chi connectivity index (χ1v) is 11.1. The molecular weight excluding hydrogens is 406 g/mol. The molecule has 0 radical (unpaired) electrons. The van der Waals surface area contributed by atoms with Crippen molar-refractivity contribution < 1.29 is 9.53 Å². The van der Waals surface area contributed by atoms with E-state index in [4.69, 9.17) is 4.74 Å². The van der Waals surface area contributed by atoms with E-state index in [1.54, 1.807) is 6.33 Å². The molecule has 2 aliphatic heterocycles. The number of anilines is 2. The van der Waals surface area contributed by atoms with Crippen LogP contribution in [0.3, 0.4) is 0 Å². The van der Waals surface area contributed by atoms with Gasteiger partial charge in [-0.1, -0.05) is 12.7 Å². The molecule has 1 amide bonds. The molecule has 0 aromatic carbocycles. The van der Waals surface area contributed by atoms with Gasteiger partial charge in [-0.3, -0.25) is 4.79 Å². The van der Waals surface area contributed by atoms with Crippen LogP contribution in [0.15, 0.2) is 37.5 Å². The van der Waals surface area contributed by atoms with Crippen molar-refractivity contribution in [1.82, 2.24) is 24.8 Å². The number of likely N-dealkylation sites (tertiary alicyclic amines) is 1. The molecule has 0 bridgehead atoms. The van der Waals surface area contributed by atoms with Crippen LogP contribution in [0.1, 0.15) is 29.7 Å². The number of nitrogens with one attached hydrogen (secondary N) is 1. The average Bonchev–Trinajstić information content (AvgIpc) is 3.30. The SMILES string of the molecule is C=CC(=O)N1CCC[C@@H](Nc2ncnc3c2C(c2cnc(N4CCOCC4)nc2)=CC3)C1.